The van der Waals surface area contributed by atoms with Crippen LogP contribution in [0.5, 0.6) is 0 Å². The van der Waals surface area contributed by atoms with E-state index in [2.05, 4.69) is 160 Å². The Kier molecular flexibility index (Phi) is 6.36. The summed E-state index contributed by atoms with van der Waals surface area (Å²) in [6.07, 6.45) is 8.27. The second-order valence-electron chi connectivity index (χ2n) is 19.2. The number of hydrogen-bond donors (Lipinski definition) is 0. The summed E-state index contributed by atoms with van der Waals surface area (Å²) < 4.78 is 0. The number of nitrogens with zero attached hydrogens (tertiary/aromatic N) is 1. The Morgan fingerprint density at radius 3 is 2.06 bits per heavy atom. The van der Waals surface area contributed by atoms with Crippen molar-refractivity contribution in [1.82, 2.24) is 0 Å². The van der Waals surface area contributed by atoms with Gasteiger partial charge in [-0.3, -0.25) is 0 Å². The van der Waals surface area contributed by atoms with Crippen LogP contribution in [0.15, 0.2) is 137 Å². The van der Waals surface area contributed by atoms with E-state index >= 15 is 0 Å². The van der Waals surface area contributed by atoms with Gasteiger partial charge in [-0.2, -0.15) is 0 Å². The third kappa shape index (κ3) is 3.98. The molecule has 4 fully saturated rings. The zero-order valence-electron chi connectivity index (χ0n) is 32.0. The van der Waals surface area contributed by atoms with Crippen molar-refractivity contribution in [3.63, 3.8) is 0 Å². The first-order valence-electron chi connectivity index (χ1n) is 20.6. The smallest absolute Gasteiger partial charge is 0.0465 e. The van der Waals surface area contributed by atoms with E-state index in [1.807, 2.05) is 11.8 Å². The van der Waals surface area contributed by atoms with Crippen LogP contribution in [0.3, 0.4) is 0 Å². The third-order valence-corrected chi connectivity index (χ3v) is 17.2. The van der Waals surface area contributed by atoms with Gasteiger partial charge >= 0.3 is 0 Å². The van der Waals surface area contributed by atoms with Crippen molar-refractivity contribution in [1.29, 1.82) is 0 Å². The Balaban J connectivity index is 1.04. The Morgan fingerprint density at radius 2 is 1.22 bits per heavy atom. The minimum absolute atomic E-state index is 0.133. The van der Waals surface area contributed by atoms with Crippen LogP contribution in [0.25, 0.3) is 21.9 Å². The molecule has 2 bridgehead atoms. The van der Waals surface area contributed by atoms with Gasteiger partial charge in [0.25, 0.3) is 0 Å². The van der Waals surface area contributed by atoms with E-state index in [1.54, 1.807) is 11.1 Å². The van der Waals surface area contributed by atoms with Crippen molar-refractivity contribution < 1.29 is 0 Å². The van der Waals surface area contributed by atoms with Gasteiger partial charge in [0.2, 0.25) is 0 Å². The van der Waals surface area contributed by atoms with Gasteiger partial charge in [0.15, 0.2) is 0 Å². The number of hydrogen-bond acceptors (Lipinski definition) is 2. The van der Waals surface area contributed by atoms with Crippen molar-refractivity contribution in [2.45, 2.75) is 92.3 Å². The van der Waals surface area contributed by atoms with Crippen LogP contribution in [-0.4, -0.2) is 0 Å². The fourth-order valence-electron chi connectivity index (χ4n) is 13.6. The van der Waals surface area contributed by atoms with E-state index in [0.717, 1.165) is 23.7 Å². The molecule has 12 rings (SSSR count). The number of anilines is 3. The Labute approximate surface area is 325 Å². The van der Waals surface area contributed by atoms with Crippen molar-refractivity contribution in [3.8, 4) is 11.1 Å². The van der Waals surface area contributed by atoms with Crippen molar-refractivity contribution in [2.24, 2.45) is 29.1 Å². The van der Waals surface area contributed by atoms with E-state index in [-0.39, 0.29) is 16.2 Å². The molecule has 268 valence electrons. The quantitative estimate of drug-likeness (QED) is 0.178. The molecule has 6 aromatic rings. The summed E-state index contributed by atoms with van der Waals surface area (Å²) >= 11 is 2.02. The molecule has 54 heavy (non-hydrogen) atoms. The molecule has 6 aliphatic rings. The average Bonchev–Trinajstić information content (AvgIpc) is 3.72. The van der Waals surface area contributed by atoms with Crippen LogP contribution >= 0.6 is 11.8 Å². The van der Waals surface area contributed by atoms with Gasteiger partial charge in [-0.1, -0.05) is 118 Å². The molecule has 2 spiro atoms. The maximum Gasteiger partial charge on any atom is 0.0465 e. The second-order valence-corrected chi connectivity index (χ2v) is 20.3. The summed E-state index contributed by atoms with van der Waals surface area (Å²) in [5.41, 5.74) is 13.7. The highest BCUT2D eigenvalue weighted by Gasteiger charge is 2.84. The van der Waals surface area contributed by atoms with E-state index in [1.165, 1.54) is 98.4 Å². The van der Waals surface area contributed by atoms with E-state index < -0.39 is 0 Å². The Bertz CT molecular complexity index is 2540. The molecule has 0 radical (unpaired) electrons. The highest BCUT2D eigenvalue weighted by molar-refractivity contribution is 7.99. The SMILES string of the molecule is CC1(C)CCC(C)(C)c2cc(N(c3ccc(-c4cccc5ccccc45)cc3)c3ccc4c(c3)C3(c5ccccc5S4)C4CC5CC6CC3C64C5)ccc21. The molecule has 2 heteroatoms. The molecular formula is C52H49NS. The molecule has 6 atom stereocenters. The molecule has 0 N–H and O–H groups in total. The zero-order chi connectivity index (χ0) is 36.2. The van der Waals surface area contributed by atoms with Crippen LogP contribution in [0.2, 0.25) is 0 Å². The van der Waals surface area contributed by atoms with Crippen LogP contribution in [0, 0.1) is 29.1 Å². The maximum absolute atomic E-state index is 2.66. The van der Waals surface area contributed by atoms with E-state index in [9.17, 15) is 0 Å². The minimum Gasteiger partial charge on any atom is -0.310 e. The fourth-order valence-corrected chi connectivity index (χ4v) is 14.8. The lowest BCUT2D eigenvalue weighted by Crippen LogP contribution is -2.74. The Morgan fingerprint density at radius 1 is 0.556 bits per heavy atom. The number of rotatable bonds is 4. The largest absolute Gasteiger partial charge is 0.310 e. The molecule has 6 unspecified atom stereocenters. The molecule has 1 heterocycles. The average molecular weight is 720 g/mol. The molecule has 6 aromatic carbocycles. The van der Waals surface area contributed by atoms with Crippen molar-refractivity contribution in [2.75, 3.05) is 4.90 Å². The lowest BCUT2D eigenvalue weighted by Gasteiger charge is -2.78. The predicted molar refractivity (Wildman–Crippen MR) is 226 cm³/mol. The van der Waals surface area contributed by atoms with Crippen LogP contribution < -0.4 is 4.90 Å². The molecule has 0 saturated heterocycles. The normalized spacial score (nSPS) is 29.8. The molecule has 0 amide bonds. The minimum atomic E-state index is 0.133. The van der Waals surface area contributed by atoms with Gasteiger partial charge in [0.05, 0.1) is 0 Å². The number of benzene rings is 6. The monoisotopic (exact) mass is 719 g/mol. The van der Waals surface area contributed by atoms with E-state index in [0.29, 0.717) is 5.41 Å². The molecule has 0 aromatic heterocycles. The van der Waals surface area contributed by atoms with Crippen LogP contribution in [-0.2, 0) is 16.2 Å². The molecular weight excluding hydrogens is 671 g/mol. The third-order valence-electron chi connectivity index (χ3n) is 16.0. The van der Waals surface area contributed by atoms with Gasteiger partial charge in [0, 0.05) is 32.3 Å². The first-order chi connectivity index (χ1) is 26.2. The maximum atomic E-state index is 2.66. The predicted octanol–water partition coefficient (Wildman–Crippen LogP) is 14.1. The van der Waals surface area contributed by atoms with E-state index in [4.69, 9.17) is 0 Å². The van der Waals surface area contributed by atoms with Crippen molar-refractivity contribution >= 4 is 39.6 Å². The lowest BCUT2D eigenvalue weighted by molar-refractivity contribution is -0.235. The van der Waals surface area contributed by atoms with Crippen LogP contribution in [0.1, 0.15) is 88.5 Å². The molecule has 1 nitrogen and oxygen atoms in total. The van der Waals surface area contributed by atoms with Gasteiger partial charge in [-0.05, 0) is 171 Å². The first kappa shape index (κ1) is 32.0. The van der Waals surface area contributed by atoms with Gasteiger partial charge in [0.1, 0.15) is 0 Å². The van der Waals surface area contributed by atoms with Gasteiger partial charge < -0.3 is 4.90 Å². The summed E-state index contributed by atoms with van der Waals surface area (Å²) in [7, 11) is 0. The topological polar surface area (TPSA) is 3.24 Å². The first-order valence-corrected chi connectivity index (χ1v) is 21.5. The highest BCUT2D eigenvalue weighted by Crippen LogP contribution is 2.89. The summed E-state index contributed by atoms with van der Waals surface area (Å²) in [4.78, 5) is 5.57. The summed E-state index contributed by atoms with van der Waals surface area (Å²) in [6, 6.07) is 49.4. The summed E-state index contributed by atoms with van der Waals surface area (Å²) in [6.45, 7) is 9.79. The Hall–Kier alpha value is -4.27. The molecule has 1 aliphatic heterocycles. The standard InChI is InChI=1S/C52H49NS/c1-49(2)24-25-50(3,4)43-29-37(20-22-41(43)49)53(36-18-16-34(17-19-36)40-13-9-11-33-10-5-6-12-39(33)40)38-21-23-46-44(30-38)52(42-14-7-8-15-45(42)54-46)47-27-32-26-35-28-48(52)51(35,47)31-32/h5-23,29-30,32,35,47-48H,24-28,31H2,1-4H3. The lowest BCUT2D eigenvalue weighted by atomic mass is 9.26. The van der Waals surface area contributed by atoms with Crippen molar-refractivity contribution in [3.05, 3.63) is 150 Å². The molecule has 4 saturated carbocycles. The van der Waals surface area contributed by atoms with Gasteiger partial charge in [-0.25, -0.2) is 0 Å². The zero-order valence-corrected chi connectivity index (χ0v) is 32.8. The number of fused-ring (bicyclic) bond motifs is 9. The summed E-state index contributed by atoms with van der Waals surface area (Å²) in [5, 5.41) is 2.59. The highest BCUT2D eigenvalue weighted by atomic mass is 32.2. The molecule has 5 aliphatic carbocycles. The summed E-state index contributed by atoms with van der Waals surface area (Å²) in [5.74, 6) is 3.48. The fraction of sp³-hybridized carbons (Fsp3) is 0.346. The second kappa shape index (κ2) is 10.7. The van der Waals surface area contributed by atoms with Crippen LogP contribution in [0.4, 0.5) is 17.1 Å². The van der Waals surface area contributed by atoms with Gasteiger partial charge in [-0.15, -0.1) is 0 Å².